The average molecular weight is 1120 g/mol. The van der Waals surface area contributed by atoms with Crippen molar-refractivity contribution in [1.29, 1.82) is 0 Å². The molecule has 80 heavy (non-hydrogen) atoms. The predicted octanol–water partition coefficient (Wildman–Crippen LogP) is 9.86. The fourth-order valence-electron chi connectivity index (χ4n) is 10.1. The Hall–Kier alpha value is -7.61. The molecule has 0 saturated carbocycles. The van der Waals surface area contributed by atoms with E-state index in [1.807, 2.05) is 27.7 Å². The van der Waals surface area contributed by atoms with Crippen LogP contribution in [-0.4, -0.2) is 124 Å². The number of aromatic nitrogens is 6. The molecule has 10 heterocycles. The minimum atomic E-state index is -4.50. The lowest BCUT2D eigenvalue weighted by molar-refractivity contribution is -0.141. The van der Waals surface area contributed by atoms with Crippen LogP contribution in [0.15, 0.2) is 97.6 Å². The number of alkyl halides is 6. The van der Waals surface area contributed by atoms with Crippen molar-refractivity contribution in [3.8, 4) is 34.3 Å². The fraction of sp³-hybridized carbons (Fsp3) is 0.436. The molecule has 4 fully saturated rings. The van der Waals surface area contributed by atoms with Crippen LogP contribution >= 0.6 is 0 Å². The molecule has 19 nitrogen and oxygen atoms in total. The Bertz CT molecular complexity index is 3170. The van der Waals surface area contributed by atoms with Gasteiger partial charge in [0.1, 0.15) is 48.6 Å². The number of hydrogen-bond donors (Lipinski definition) is 3. The van der Waals surface area contributed by atoms with Gasteiger partial charge in [0.25, 0.3) is 0 Å². The fourth-order valence-corrected chi connectivity index (χ4v) is 10.1. The van der Waals surface area contributed by atoms with Gasteiger partial charge in [-0.15, -0.1) is 0 Å². The molecule has 2 aromatic carbocycles. The van der Waals surface area contributed by atoms with Crippen LogP contribution in [0.1, 0.15) is 64.5 Å². The van der Waals surface area contributed by atoms with Crippen molar-refractivity contribution in [1.82, 2.24) is 29.9 Å². The van der Waals surface area contributed by atoms with Gasteiger partial charge in [-0.1, -0.05) is 24.3 Å². The van der Waals surface area contributed by atoms with Gasteiger partial charge in [-0.3, -0.25) is 10.2 Å². The summed E-state index contributed by atoms with van der Waals surface area (Å²) < 4.78 is 112. The molecular weight excluding hydrogens is 1050 g/mol. The molecule has 424 valence electrons. The summed E-state index contributed by atoms with van der Waals surface area (Å²) in [6.45, 7) is 12.4. The van der Waals surface area contributed by atoms with Crippen LogP contribution in [0.25, 0.3) is 22.8 Å². The molecule has 4 saturated heterocycles. The molecule has 4 N–H and O–H groups in total. The Kier molecular flexibility index (Phi) is 15.9. The highest BCUT2D eigenvalue weighted by Gasteiger charge is 2.40. The number of pyridine rings is 2. The molecule has 2 amide bonds. The summed E-state index contributed by atoms with van der Waals surface area (Å²) in [5.41, 5.74) is 6.21. The molecule has 6 aliphatic heterocycles. The number of amides is 2. The number of rotatable bonds is 9. The van der Waals surface area contributed by atoms with Gasteiger partial charge in [0, 0.05) is 67.9 Å². The summed E-state index contributed by atoms with van der Waals surface area (Å²) in [4.78, 5) is 45.4. The monoisotopic (exact) mass is 1110 g/mol. The first-order chi connectivity index (χ1) is 38.1. The minimum Gasteiger partial charge on any atom is -0.491 e. The minimum absolute atomic E-state index is 0.0376. The van der Waals surface area contributed by atoms with E-state index >= 15 is 0 Å². The zero-order valence-electron chi connectivity index (χ0n) is 44.3. The molecule has 0 radical (unpaired) electrons. The normalized spacial score (nSPS) is 21.4. The van der Waals surface area contributed by atoms with Crippen LogP contribution in [0.4, 0.5) is 65.8 Å². The summed E-state index contributed by atoms with van der Waals surface area (Å²) in [6, 6.07) is 16.4. The maximum atomic E-state index is 13.7. The Morgan fingerprint density at radius 3 is 1.86 bits per heavy atom. The van der Waals surface area contributed by atoms with Crippen LogP contribution < -0.4 is 40.5 Å². The van der Waals surface area contributed by atoms with Crippen molar-refractivity contribution in [2.24, 2.45) is 0 Å². The number of anilines is 6. The van der Waals surface area contributed by atoms with Gasteiger partial charge >= 0.3 is 18.4 Å². The van der Waals surface area contributed by atoms with E-state index in [1.54, 1.807) is 53.8 Å². The first-order valence-corrected chi connectivity index (χ1v) is 26.1. The van der Waals surface area contributed by atoms with Crippen LogP contribution in [0.5, 0.6) is 11.5 Å². The van der Waals surface area contributed by atoms with Crippen LogP contribution in [-0.2, 0) is 31.3 Å². The third-order valence-electron chi connectivity index (χ3n) is 13.8. The lowest BCUT2D eigenvalue weighted by atomic mass is 10.0. The van der Waals surface area contributed by atoms with Crippen molar-refractivity contribution < 1.29 is 59.6 Å². The molecule has 6 aromatic rings. The number of carbonyl (C=O) groups is 1. The van der Waals surface area contributed by atoms with E-state index in [-0.39, 0.29) is 42.1 Å². The molecule has 25 heteroatoms. The third-order valence-corrected chi connectivity index (χ3v) is 13.8. The second-order valence-electron chi connectivity index (χ2n) is 20.8. The van der Waals surface area contributed by atoms with Gasteiger partial charge in [-0.05, 0) is 89.8 Å². The van der Waals surface area contributed by atoms with Crippen LogP contribution in [0, 0.1) is 0 Å². The highest BCUT2D eigenvalue weighted by molar-refractivity contribution is 6.04. The number of nitrogens with zero attached hydrogens (tertiary/aromatic N) is 9. The number of carbonyl (C=O) groups excluding carboxylic acids is 1. The molecule has 0 spiro atoms. The van der Waals surface area contributed by atoms with Crippen molar-refractivity contribution in [3.63, 3.8) is 0 Å². The third kappa shape index (κ3) is 13.5. The van der Waals surface area contributed by atoms with E-state index in [0.29, 0.717) is 78.4 Å². The summed E-state index contributed by atoms with van der Waals surface area (Å²) in [5, 5.41) is 6.21. The maximum Gasteiger partial charge on any atom is 0.416 e. The quantitative estimate of drug-likeness (QED) is 0.115. The summed E-state index contributed by atoms with van der Waals surface area (Å²) in [6.07, 6.45) is 1.11. The van der Waals surface area contributed by atoms with Gasteiger partial charge in [0.2, 0.25) is 0 Å². The molecule has 4 bridgehead atoms. The molecular formula is C55H60F6N12O7. The molecule has 6 aliphatic rings. The summed E-state index contributed by atoms with van der Waals surface area (Å²) in [7, 11) is 0. The first-order valence-electron chi connectivity index (χ1n) is 26.1. The Morgan fingerprint density at radius 1 is 0.713 bits per heavy atom. The van der Waals surface area contributed by atoms with Gasteiger partial charge in [0.05, 0.1) is 54.2 Å². The maximum absolute atomic E-state index is 13.7. The van der Waals surface area contributed by atoms with E-state index in [4.69, 9.17) is 34.2 Å². The number of benzene rings is 2. The van der Waals surface area contributed by atoms with Crippen LogP contribution in [0.2, 0.25) is 0 Å². The van der Waals surface area contributed by atoms with Gasteiger partial charge < -0.3 is 49.3 Å². The van der Waals surface area contributed by atoms with Crippen molar-refractivity contribution in [2.75, 3.05) is 83.7 Å². The number of nitrogens with two attached hydrogens (primary N) is 1. The molecule has 4 aromatic heterocycles. The molecule has 12 rings (SSSR count). The molecule has 4 atom stereocenters. The lowest BCUT2D eigenvalue weighted by Gasteiger charge is -2.45. The number of piperidine rings is 2. The number of nitrogen functional groups attached to an aromatic ring is 1. The zero-order valence-corrected chi connectivity index (χ0v) is 44.3. The Balaban J connectivity index is 0.000000154. The molecule has 0 aliphatic carbocycles. The smallest absolute Gasteiger partial charge is 0.416 e. The predicted molar refractivity (Wildman–Crippen MR) is 284 cm³/mol. The Labute approximate surface area is 457 Å². The summed E-state index contributed by atoms with van der Waals surface area (Å²) in [5.74, 6) is 2.22. The van der Waals surface area contributed by atoms with Crippen LogP contribution in [0.3, 0.4) is 0 Å². The van der Waals surface area contributed by atoms with E-state index in [0.717, 1.165) is 75.3 Å². The second-order valence-corrected chi connectivity index (χ2v) is 20.8. The number of nitrogens with one attached hydrogen (secondary N) is 2. The van der Waals surface area contributed by atoms with Crippen molar-refractivity contribution in [2.45, 2.75) is 102 Å². The van der Waals surface area contributed by atoms with Gasteiger partial charge in [-0.25, -0.2) is 34.7 Å². The largest absolute Gasteiger partial charge is 0.491 e. The van der Waals surface area contributed by atoms with E-state index < -0.39 is 41.1 Å². The highest BCUT2D eigenvalue weighted by Crippen LogP contribution is 2.41. The number of fused-ring (bicyclic) bond motifs is 8. The number of urea groups is 1. The van der Waals surface area contributed by atoms with E-state index in [9.17, 15) is 31.1 Å². The lowest BCUT2D eigenvalue weighted by Crippen LogP contribution is -2.56. The van der Waals surface area contributed by atoms with Crippen molar-refractivity contribution >= 4 is 40.7 Å². The van der Waals surface area contributed by atoms with E-state index in [1.165, 1.54) is 24.4 Å². The SMILES string of the molecule is CC1(C)OC[C@@H](COc2ccnc(N)c2)O1.CC1(C)OC[C@@H](COc2ccnc(NC(=O)N3c4nc(-c5cccc(C(F)(F)F)c5)ncc4N4CCC[C@H]3C4)c2)O1.FC(F)(F)c1cccc(-c2ncc3c(n2)N[C@H]2CCCN3C2)c1. The van der Waals surface area contributed by atoms with Crippen molar-refractivity contribution in [3.05, 3.63) is 109 Å². The standard InChI is InChI=1S/C28H29F3N6O4.C16H15F3N4.C11H16N2O3/c1-27(2)40-16-21(41-27)15-39-20-8-9-32-23(12-20)34-26(38)37-19-7-4-10-36(14-19)22-13-33-24(35-25(22)37)17-5-3-6-18(11-17)28(29,30)31;17-16(18,19)11-4-1-3-10(7-11)14-20-8-13-15(22-14)21-12-5-2-6-23(13)9-12;1-11(2)15-7-9(16-11)6-14-8-3-4-13-10(12)5-8/h3,5-6,8-9,11-13,19,21H,4,7,10,14-16H2,1-2H3,(H,32,34,38);1,3-4,7-8,12H,2,5-6,9H2,(H,20,21,22);3-5,9H,6-7H2,1-2H3,(H2,12,13)/t19-,21+;12-;9-/m001/s1. The second kappa shape index (κ2) is 22.9. The zero-order chi connectivity index (χ0) is 56.4. The Morgan fingerprint density at radius 2 is 1.27 bits per heavy atom. The number of ether oxygens (including phenoxy) is 6. The topological polar surface area (TPSA) is 210 Å². The highest BCUT2D eigenvalue weighted by atomic mass is 19.4. The number of hydrogen-bond acceptors (Lipinski definition) is 17. The number of halogens is 6. The van der Waals surface area contributed by atoms with Gasteiger partial charge in [-0.2, -0.15) is 26.3 Å². The van der Waals surface area contributed by atoms with E-state index in [2.05, 4.69) is 50.3 Å². The average Bonchev–Trinajstić information content (AvgIpc) is 3.98. The summed E-state index contributed by atoms with van der Waals surface area (Å²) >= 11 is 0. The molecule has 0 unspecified atom stereocenters. The first kappa shape index (κ1) is 55.7. The van der Waals surface area contributed by atoms with Gasteiger partial charge in [0.15, 0.2) is 34.9 Å².